The molecule has 0 N–H and O–H groups in total. The molecular weight excluding hydrogens is 422 g/mol. The first-order valence-electron chi connectivity index (χ1n) is 11.5. The molecule has 0 saturated carbocycles. The second-order valence-corrected chi connectivity index (χ2v) is 10.7. The van der Waals surface area contributed by atoms with Crippen LogP contribution in [0.3, 0.4) is 0 Å². The average Bonchev–Trinajstić information content (AvgIpc) is 3.25. The normalized spacial score (nSPS) is 17.4. The number of amides is 1. The quantitative estimate of drug-likeness (QED) is 0.593. The molecule has 1 aromatic heterocycles. The molecule has 168 valence electrons. The van der Waals surface area contributed by atoms with Crippen LogP contribution in [0.5, 0.6) is 0 Å². The molecule has 0 atom stereocenters. The van der Waals surface area contributed by atoms with Gasteiger partial charge in [-0.15, -0.1) is 0 Å². The number of piperidine rings is 1. The molecule has 2 aliphatic rings. The molecule has 6 nitrogen and oxygen atoms in total. The summed E-state index contributed by atoms with van der Waals surface area (Å²) >= 11 is 0. The van der Waals surface area contributed by atoms with Crippen LogP contribution in [0.1, 0.15) is 36.8 Å². The van der Waals surface area contributed by atoms with Gasteiger partial charge in [0.2, 0.25) is 15.9 Å². The molecule has 0 spiro atoms. The molecule has 3 heterocycles. The molecule has 1 fully saturated rings. The third kappa shape index (κ3) is 4.07. The second-order valence-electron chi connectivity index (χ2n) is 8.78. The summed E-state index contributed by atoms with van der Waals surface area (Å²) in [5.74, 6) is 0.158. The average molecular weight is 452 g/mol. The minimum atomic E-state index is -3.45. The fourth-order valence-corrected chi connectivity index (χ4v) is 6.42. The minimum absolute atomic E-state index is 0.158. The lowest BCUT2D eigenvalue weighted by Gasteiger charge is -2.29. The van der Waals surface area contributed by atoms with Crippen molar-refractivity contribution >= 4 is 26.8 Å². The molecule has 0 aliphatic carbocycles. The van der Waals surface area contributed by atoms with E-state index in [2.05, 4.69) is 18.2 Å². The van der Waals surface area contributed by atoms with Gasteiger partial charge in [-0.05, 0) is 54.7 Å². The second kappa shape index (κ2) is 8.71. The Bertz CT molecular complexity index is 1240. The Labute approximate surface area is 189 Å². The van der Waals surface area contributed by atoms with Gasteiger partial charge in [0, 0.05) is 56.2 Å². The summed E-state index contributed by atoms with van der Waals surface area (Å²) < 4.78 is 29.6. The summed E-state index contributed by atoms with van der Waals surface area (Å²) in [6, 6.07) is 15.6. The van der Waals surface area contributed by atoms with E-state index in [-0.39, 0.29) is 5.91 Å². The van der Waals surface area contributed by atoms with Crippen molar-refractivity contribution in [3.63, 3.8) is 0 Å². The van der Waals surface area contributed by atoms with Gasteiger partial charge >= 0.3 is 0 Å². The van der Waals surface area contributed by atoms with Crippen LogP contribution in [0.15, 0.2) is 59.6 Å². The van der Waals surface area contributed by atoms with Gasteiger partial charge in [0.1, 0.15) is 0 Å². The van der Waals surface area contributed by atoms with Crippen LogP contribution in [0.2, 0.25) is 0 Å². The maximum Gasteiger partial charge on any atom is 0.243 e. The Kier molecular flexibility index (Phi) is 5.78. The number of hydrogen-bond acceptors (Lipinski definition) is 3. The summed E-state index contributed by atoms with van der Waals surface area (Å²) in [5.41, 5.74) is 3.53. The first-order valence-corrected chi connectivity index (χ1v) is 12.9. The van der Waals surface area contributed by atoms with Crippen molar-refractivity contribution < 1.29 is 13.2 Å². The molecular formula is C25H29N3O3S. The first kappa shape index (κ1) is 21.2. The van der Waals surface area contributed by atoms with Crippen LogP contribution in [0, 0.1) is 0 Å². The predicted molar refractivity (Wildman–Crippen MR) is 125 cm³/mol. The number of hydrogen-bond donors (Lipinski definition) is 0. The standard InChI is InChI=1S/C25H29N3O3S/c29-25(27-16-10-20-6-2-3-7-22(20)19-27)12-17-26-15-11-21-18-23(8-9-24(21)26)32(30,31)28-13-4-1-5-14-28/h2-3,6-9,11,15,18H,1,4-5,10,12-14,16-17,19H2. The van der Waals surface area contributed by atoms with Crippen LogP contribution in [0.25, 0.3) is 10.9 Å². The van der Waals surface area contributed by atoms with Crippen LogP contribution in [0.4, 0.5) is 0 Å². The lowest BCUT2D eigenvalue weighted by Crippen LogP contribution is -2.36. The van der Waals surface area contributed by atoms with Gasteiger partial charge in [0.15, 0.2) is 0 Å². The zero-order chi connectivity index (χ0) is 22.1. The molecule has 0 unspecified atom stereocenters. The van der Waals surface area contributed by atoms with E-state index in [0.717, 1.165) is 43.1 Å². The Morgan fingerprint density at radius 1 is 0.906 bits per heavy atom. The number of rotatable bonds is 5. The lowest BCUT2D eigenvalue weighted by molar-refractivity contribution is -0.132. The topological polar surface area (TPSA) is 62.6 Å². The Morgan fingerprint density at radius 3 is 2.50 bits per heavy atom. The van der Waals surface area contributed by atoms with Gasteiger partial charge in [-0.2, -0.15) is 4.31 Å². The highest BCUT2D eigenvalue weighted by molar-refractivity contribution is 7.89. The van der Waals surface area contributed by atoms with Crippen molar-refractivity contribution in [1.82, 2.24) is 13.8 Å². The molecule has 32 heavy (non-hydrogen) atoms. The SMILES string of the molecule is O=C(CCn1ccc2cc(S(=O)(=O)N3CCCCC3)ccc21)N1CCc2ccccc2C1. The van der Waals surface area contributed by atoms with E-state index >= 15 is 0 Å². The van der Waals surface area contributed by atoms with E-state index in [0.29, 0.717) is 37.5 Å². The van der Waals surface area contributed by atoms with Crippen LogP contribution < -0.4 is 0 Å². The largest absolute Gasteiger partial charge is 0.347 e. The Hall–Kier alpha value is -2.64. The summed E-state index contributed by atoms with van der Waals surface area (Å²) in [7, 11) is -3.45. The fraction of sp³-hybridized carbons (Fsp3) is 0.400. The van der Waals surface area contributed by atoms with E-state index in [1.54, 1.807) is 16.4 Å². The maximum absolute atomic E-state index is 13.0. The highest BCUT2D eigenvalue weighted by Crippen LogP contribution is 2.25. The van der Waals surface area contributed by atoms with E-state index in [4.69, 9.17) is 0 Å². The molecule has 7 heteroatoms. The number of benzene rings is 2. The number of carbonyl (C=O) groups is 1. The molecule has 2 aliphatic heterocycles. The van der Waals surface area contributed by atoms with Crippen molar-refractivity contribution in [2.75, 3.05) is 19.6 Å². The number of fused-ring (bicyclic) bond motifs is 2. The lowest BCUT2D eigenvalue weighted by atomic mass is 10.00. The van der Waals surface area contributed by atoms with Crippen molar-refractivity contribution in [3.05, 3.63) is 65.9 Å². The number of sulfonamides is 1. The number of nitrogens with zero attached hydrogens (tertiary/aromatic N) is 3. The predicted octanol–water partition coefficient (Wildman–Crippen LogP) is 3.79. The van der Waals surface area contributed by atoms with Crippen LogP contribution >= 0.6 is 0 Å². The Morgan fingerprint density at radius 2 is 1.69 bits per heavy atom. The van der Waals surface area contributed by atoms with E-state index in [1.165, 1.54) is 11.1 Å². The van der Waals surface area contributed by atoms with E-state index < -0.39 is 10.0 Å². The van der Waals surface area contributed by atoms with Gasteiger partial charge < -0.3 is 9.47 Å². The van der Waals surface area contributed by atoms with Gasteiger partial charge in [-0.25, -0.2) is 8.42 Å². The monoisotopic (exact) mass is 451 g/mol. The summed E-state index contributed by atoms with van der Waals surface area (Å²) in [4.78, 5) is 15.1. The van der Waals surface area contributed by atoms with E-state index in [1.807, 2.05) is 33.9 Å². The molecule has 0 bridgehead atoms. The zero-order valence-corrected chi connectivity index (χ0v) is 19.1. The third-order valence-corrected chi connectivity index (χ3v) is 8.64. The third-order valence-electron chi connectivity index (χ3n) is 6.75. The van der Waals surface area contributed by atoms with E-state index in [9.17, 15) is 13.2 Å². The number of aryl methyl sites for hydroxylation is 1. The van der Waals surface area contributed by atoms with Gasteiger partial charge in [0.05, 0.1) is 4.90 Å². The highest BCUT2D eigenvalue weighted by Gasteiger charge is 2.26. The number of aromatic nitrogens is 1. The highest BCUT2D eigenvalue weighted by atomic mass is 32.2. The smallest absolute Gasteiger partial charge is 0.243 e. The van der Waals surface area contributed by atoms with Gasteiger partial charge in [0.25, 0.3) is 0 Å². The molecule has 2 aromatic carbocycles. The minimum Gasteiger partial charge on any atom is -0.347 e. The van der Waals surface area contributed by atoms with Crippen molar-refractivity contribution in [3.8, 4) is 0 Å². The summed E-state index contributed by atoms with van der Waals surface area (Å²) in [5, 5.41) is 0.891. The first-order chi connectivity index (χ1) is 15.5. The van der Waals surface area contributed by atoms with Crippen molar-refractivity contribution in [2.24, 2.45) is 0 Å². The molecule has 5 rings (SSSR count). The fourth-order valence-electron chi connectivity index (χ4n) is 4.87. The Balaban J connectivity index is 1.27. The summed E-state index contributed by atoms with van der Waals surface area (Å²) in [6.07, 6.45) is 6.22. The molecule has 1 saturated heterocycles. The van der Waals surface area contributed by atoms with Gasteiger partial charge in [-0.3, -0.25) is 4.79 Å². The molecule has 0 radical (unpaired) electrons. The molecule has 1 amide bonds. The summed E-state index contributed by atoms with van der Waals surface area (Å²) in [6.45, 7) is 3.23. The van der Waals surface area contributed by atoms with Crippen LogP contribution in [-0.2, 0) is 34.3 Å². The van der Waals surface area contributed by atoms with Crippen molar-refractivity contribution in [2.45, 2.75) is 50.1 Å². The number of carbonyl (C=O) groups excluding carboxylic acids is 1. The molecule has 3 aromatic rings. The van der Waals surface area contributed by atoms with Crippen LogP contribution in [-0.4, -0.2) is 47.7 Å². The van der Waals surface area contributed by atoms with Gasteiger partial charge in [-0.1, -0.05) is 30.7 Å². The van der Waals surface area contributed by atoms with Crippen molar-refractivity contribution in [1.29, 1.82) is 0 Å². The maximum atomic E-state index is 13.0. The zero-order valence-electron chi connectivity index (χ0n) is 18.2.